The topological polar surface area (TPSA) is 54.3 Å². The van der Waals surface area contributed by atoms with Crippen LogP contribution in [0.2, 0.25) is 0 Å². The van der Waals surface area contributed by atoms with Gasteiger partial charge in [0.2, 0.25) is 5.91 Å². The van der Waals surface area contributed by atoms with Crippen LogP contribution in [0.5, 0.6) is 0 Å². The SMILES string of the molecule is CC(C)(C)N1C[C@H](CNC(=O)c2ccc(Cn3cccc3)cc2)CC1=O. The highest BCUT2D eigenvalue weighted by Gasteiger charge is 2.36. The molecule has 3 rings (SSSR count). The summed E-state index contributed by atoms with van der Waals surface area (Å²) in [5.74, 6) is 0.268. The molecule has 2 heterocycles. The predicted molar refractivity (Wildman–Crippen MR) is 102 cm³/mol. The zero-order chi connectivity index (χ0) is 18.7. The van der Waals surface area contributed by atoms with Gasteiger partial charge in [0, 0.05) is 55.5 Å². The van der Waals surface area contributed by atoms with Gasteiger partial charge in [0.15, 0.2) is 0 Å². The Morgan fingerprint density at radius 1 is 1.15 bits per heavy atom. The molecule has 1 aliphatic rings. The highest BCUT2D eigenvalue weighted by Crippen LogP contribution is 2.25. The van der Waals surface area contributed by atoms with Crippen molar-refractivity contribution in [1.29, 1.82) is 0 Å². The Labute approximate surface area is 155 Å². The minimum atomic E-state index is -0.161. The molecule has 0 spiro atoms. The highest BCUT2D eigenvalue weighted by atomic mass is 16.2. The third kappa shape index (κ3) is 4.34. The van der Waals surface area contributed by atoms with E-state index in [1.54, 1.807) is 0 Å². The number of hydrogen-bond acceptors (Lipinski definition) is 2. The van der Waals surface area contributed by atoms with Gasteiger partial charge < -0.3 is 14.8 Å². The number of nitrogens with zero attached hydrogens (tertiary/aromatic N) is 2. The molecule has 1 aromatic heterocycles. The Morgan fingerprint density at radius 3 is 2.38 bits per heavy atom. The smallest absolute Gasteiger partial charge is 0.251 e. The van der Waals surface area contributed by atoms with E-state index in [1.807, 2.05) is 74.5 Å². The molecule has 0 saturated carbocycles. The van der Waals surface area contributed by atoms with Crippen LogP contribution in [0.25, 0.3) is 0 Å². The molecular formula is C21H27N3O2. The van der Waals surface area contributed by atoms with Crippen LogP contribution in [0.15, 0.2) is 48.8 Å². The lowest BCUT2D eigenvalue weighted by atomic mass is 10.1. The van der Waals surface area contributed by atoms with Gasteiger partial charge >= 0.3 is 0 Å². The number of aromatic nitrogens is 1. The van der Waals surface area contributed by atoms with E-state index in [9.17, 15) is 9.59 Å². The molecule has 138 valence electrons. The number of amides is 2. The fourth-order valence-electron chi connectivity index (χ4n) is 3.35. The molecule has 1 atom stereocenters. The van der Waals surface area contributed by atoms with Crippen molar-refractivity contribution in [3.63, 3.8) is 0 Å². The maximum absolute atomic E-state index is 12.4. The fourth-order valence-corrected chi connectivity index (χ4v) is 3.35. The van der Waals surface area contributed by atoms with Crippen molar-refractivity contribution in [2.75, 3.05) is 13.1 Å². The van der Waals surface area contributed by atoms with E-state index in [0.717, 1.165) is 12.1 Å². The summed E-state index contributed by atoms with van der Waals surface area (Å²) >= 11 is 0. The van der Waals surface area contributed by atoms with Crippen LogP contribution in [0.3, 0.4) is 0 Å². The normalized spacial score (nSPS) is 17.6. The van der Waals surface area contributed by atoms with Crippen LogP contribution in [0.1, 0.15) is 43.1 Å². The number of carbonyl (C=O) groups excluding carboxylic acids is 2. The average molecular weight is 353 g/mol. The number of carbonyl (C=O) groups is 2. The zero-order valence-corrected chi connectivity index (χ0v) is 15.7. The van der Waals surface area contributed by atoms with Gasteiger partial charge in [-0.15, -0.1) is 0 Å². The second kappa shape index (κ2) is 7.36. The molecule has 5 nitrogen and oxygen atoms in total. The van der Waals surface area contributed by atoms with Gasteiger partial charge in [0.25, 0.3) is 5.91 Å². The Kier molecular flexibility index (Phi) is 5.16. The quantitative estimate of drug-likeness (QED) is 0.899. The summed E-state index contributed by atoms with van der Waals surface area (Å²) in [6.45, 7) is 8.16. The summed E-state index contributed by atoms with van der Waals surface area (Å²) in [5.41, 5.74) is 1.64. The van der Waals surface area contributed by atoms with Crippen LogP contribution in [-0.2, 0) is 11.3 Å². The second-order valence-electron chi connectivity index (χ2n) is 8.01. The molecule has 1 saturated heterocycles. The summed E-state index contributed by atoms with van der Waals surface area (Å²) in [5, 5.41) is 2.98. The standard InChI is InChI=1S/C21H27N3O2/c1-21(2,3)24-15-17(12-19(24)25)13-22-20(26)18-8-6-16(7-9-18)14-23-10-4-5-11-23/h4-11,17H,12-15H2,1-3H3,(H,22,26)/t17-/m0/s1. The minimum absolute atomic E-state index is 0.0841. The third-order valence-electron chi connectivity index (χ3n) is 4.81. The first-order valence-electron chi connectivity index (χ1n) is 9.11. The molecule has 0 radical (unpaired) electrons. The van der Waals surface area contributed by atoms with E-state index in [0.29, 0.717) is 25.1 Å². The van der Waals surface area contributed by atoms with Gasteiger partial charge in [-0.25, -0.2) is 0 Å². The van der Waals surface area contributed by atoms with Crippen molar-refractivity contribution >= 4 is 11.8 Å². The predicted octanol–water partition coefficient (Wildman–Crippen LogP) is 2.91. The lowest BCUT2D eigenvalue weighted by Gasteiger charge is -2.32. The van der Waals surface area contributed by atoms with Crippen LogP contribution >= 0.6 is 0 Å². The number of hydrogen-bond donors (Lipinski definition) is 1. The first-order valence-corrected chi connectivity index (χ1v) is 9.11. The van der Waals surface area contributed by atoms with E-state index in [-0.39, 0.29) is 23.3 Å². The summed E-state index contributed by atoms with van der Waals surface area (Å²) in [6.07, 6.45) is 4.54. The molecule has 0 aliphatic carbocycles. The van der Waals surface area contributed by atoms with E-state index < -0.39 is 0 Å². The lowest BCUT2D eigenvalue weighted by molar-refractivity contribution is -0.131. The molecular weight excluding hydrogens is 326 g/mol. The molecule has 26 heavy (non-hydrogen) atoms. The van der Waals surface area contributed by atoms with E-state index in [2.05, 4.69) is 9.88 Å². The third-order valence-corrected chi connectivity index (χ3v) is 4.81. The maximum atomic E-state index is 12.4. The molecule has 0 unspecified atom stereocenters. The molecule has 1 aromatic carbocycles. The Morgan fingerprint density at radius 2 is 1.81 bits per heavy atom. The van der Waals surface area contributed by atoms with Crippen molar-refractivity contribution in [3.05, 3.63) is 59.9 Å². The zero-order valence-electron chi connectivity index (χ0n) is 15.7. The van der Waals surface area contributed by atoms with Crippen molar-refractivity contribution in [2.45, 2.75) is 39.3 Å². The number of likely N-dealkylation sites (tertiary alicyclic amines) is 1. The van der Waals surface area contributed by atoms with Crippen LogP contribution in [0, 0.1) is 5.92 Å². The molecule has 0 bridgehead atoms. The lowest BCUT2D eigenvalue weighted by Crippen LogP contribution is -2.42. The minimum Gasteiger partial charge on any atom is -0.352 e. The van der Waals surface area contributed by atoms with Gasteiger partial charge in [-0.1, -0.05) is 12.1 Å². The molecule has 2 aromatic rings. The largest absolute Gasteiger partial charge is 0.352 e. The van der Waals surface area contributed by atoms with Crippen molar-refractivity contribution in [2.24, 2.45) is 5.92 Å². The van der Waals surface area contributed by atoms with Gasteiger partial charge in [-0.3, -0.25) is 9.59 Å². The van der Waals surface area contributed by atoms with E-state index in [4.69, 9.17) is 0 Å². The molecule has 1 N–H and O–H groups in total. The number of benzene rings is 1. The van der Waals surface area contributed by atoms with E-state index >= 15 is 0 Å². The first kappa shape index (κ1) is 18.2. The van der Waals surface area contributed by atoms with Gasteiger partial charge in [0.1, 0.15) is 0 Å². The number of rotatable bonds is 5. The van der Waals surface area contributed by atoms with Crippen molar-refractivity contribution in [1.82, 2.24) is 14.8 Å². The average Bonchev–Trinajstić information content (AvgIpc) is 3.22. The molecule has 1 aliphatic heterocycles. The molecule has 1 fully saturated rings. The first-order chi connectivity index (χ1) is 12.3. The van der Waals surface area contributed by atoms with Crippen molar-refractivity contribution in [3.8, 4) is 0 Å². The summed E-state index contributed by atoms with van der Waals surface area (Å²) in [4.78, 5) is 26.4. The van der Waals surface area contributed by atoms with Crippen molar-refractivity contribution < 1.29 is 9.59 Å². The number of nitrogens with one attached hydrogen (secondary N) is 1. The van der Waals surface area contributed by atoms with E-state index in [1.165, 1.54) is 0 Å². The summed E-state index contributed by atoms with van der Waals surface area (Å²) < 4.78 is 2.09. The molecule has 2 amide bonds. The van der Waals surface area contributed by atoms with Crippen LogP contribution in [-0.4, -0.2) is 39.9 Å². The molecule has 5 heteroatoms. The Balaban J connectivity index is 1.51. The van der Waals surface area contributed by atoms with Crippen LogP contribution < -0.4 is 5.32 Å². The van der Waals surface area contributed by atoms with Crippen LogP contribution in [0.4, 0.5) is 0 Å². The van der Waals surface area contributed by atoms with Gasteiger partial charge in [-0.05, 0) is 50.6 Å². The Hall–Kier alpha value is -2.56. The highest BCUT2D eigenvalue weighted by molar-refractivity contribution is 5.94. The fraction of sp³-hybridized carbons (Fsp3) is 0.429. The summed E-state index contributed by atoms with van der Waals surface area (Å²) in [6, 6.07) is 11.7. The van der Waals surface area contributed by atoms with Gasteiger partial charge in [-0.2, -0.15) is 0 Å². The second-order valence-corrected chi connectivity index (χ2v) is 8.01. The van der Waals surface area contributed by atoms with Gasteiger partial charge in [0.05, 0.1) is 0 Å². The maximum Gasteiger partial charge on any atom is 0.251 e. The monoisotopic (exact) mass is 353 g/mol. The summed E-state index contributed by atoms with van der Waals surface area (Å²) in [7, 11) is 0. The Bertz CT molecular complexity index is 758.